The largest absolute Gasteiger partial charge is 0.397 e. The quantitative estimate of drug-likeness (QED) is 0.837. The molecular weight excluding hydrogens is 246 g/mol. The van der Waals surface area contributed by atoms with Crippen LogP contribution in [0.3, 0.4) is 0 Å². The van der Waals surface area contributed by atoms with Crippen molar-refractivity contribution in [2.75, 3.05) is 5.73 Å². The van der Waals surface area contributed by atoms with E-state index >= 15 is 0 Å². The summed E-state index contributed by atoms with van der Waals surface area (Å²) in [5, 5.41) is 5.18. The predicted octanol–water partition coefficient (Wildman–Crippen LogP) is 2.20. The highest BCUT2D eigenvalue weighted by atomic mass is 32.2. The summed E-state index contributed by atoms with van der Waals surface area (Å²) < 4.78 is 1.95. The van der Waals surface area contributed by atoms with Crippen molar-refractivity contribution in [3.8, 4) is 0 Å². The van der Waals surface area contributed by atoms with Gasteiger partial charge in [-0.2, -0.15) is 5.10 Å². The van der Waals surface area contributed by atoms with Crippen LogP contribution in [0.4, 0.5) is 5.69 Å². The predicted molar refractivity (Wildman–Crippen MR) is 73.1 cm³/mol. The van der Waals surface area contributed by atoms with Crippen molar-refractivity contribution in [3.05, 3.63) is 30.5 Å². The third kappa shape index (κ3) is 3.46. The average Bonchev–Trinajstić information content (AvgIpc) is 2.75. The molecule has 6 heteroatoms. The zero-order valence-electron chi connectivity index (χ0n) is 10.6. The summed E-state index contributed by atoms with van der Waals surface area (Å²) in [6.07, 6.45) is 3.27. The highest BCUT2D eigenvalue weighted by molar-refractivity contribution is 7.98. The topological polar surface area (TPSA) is 69.6 Å². The first kappa shape index (κ1) is 12.9. The number of aromatic nitrogens is 4. The van der Waals surface area contributed by atoms with Crippen molar-refractivity contribution >= 4 is 17.4 Å². The van der Waals surface area contributed by atoms with E-state index in [1.165, 1.54) is 0 Å². The number of hydrogen-bond donors (Lipinski definition) is 1. The number of nitrogens with two attached hydrogens (primary N) is 1. The number of hydrogen-bond acceptors (Lipinski definition) is 5. The number of rotatable bonds is 5. The van der Waals surface area contributed by atoms with Gasteiger partial charge in [0.25, 0.3) is 0 Å². The van der Waals surface area contributed by atoms with Crippen LogP contribution in [0, 0.1) is 5.92 Å². The minimum atomic E-state index is 0.560. The van der Waals surface area contributed by atoms with Gasteiger partial charge in [0.2, 0.25) is 0 Å². The molecular formula is C12H17N5S. The van der Waals surface area contributed by atoms with E-state index in [4.69, 9.17) is 5.73 Å². The summed E-state index contributed by atoms with van der Waals surface area (Å²) >= 11 is 1.64. The van der Waals surface area contributed by atoms with Crippen LogP contribution in [0.2, 0.25) is 0 Å². The molecule has 18 heavy (non-hydrogen) atoms. The van der Waals surface area contributed by atoms with E-state index in [1.54, 1.807) is 24.3 Å². The Kier molecular flexibility index (Phi) is 4.19. The molecule has 0 aromatic carbocycles. The molecule has 0 fully saturated rings. The zero-order valence-corrected chi connectivity index (χ0v) is 11.4. The highest BCUT2D eigenvalue weighted by Crippen LogP contribution is 2.20. The van der Waals surface area contributed by atoms with Gasteiger partial charge in [0, 0.05) is 6.54 Å². The van der Waals surface area contributed by atoms with Crippen LogP contribution in [0.1, 0.15) is 19.7 Å². The van der Waals surface area contributed by atoms with Crippen LogP contribution in [-0.2, 0) is 12.3 Å². The van der Waals surface area contributed by atoms with Crippen LogP contribution in [0.15, 0.2) is 29.7 Å². The molecule has 0 bridgehead atoms. The standard InChI is InChI=1S/C12H17N5S/c1-9(2)6-17-11(15-8-16-17)7-18-12-4-3-10(13)5-14-12/h3-5,8-9H,6-7,13H2,1-2H3. The number of thioether (sulfide) groups is 1. The van der Waals surface area contributed by atoms with Crippen LogP contribution in [0.25, 0.3) is 0 Å². The number of pyridine rings is 1. The van der Waals surface area contributed by atoms with Gasteiger partial charge in [0.05, 0.1) is 22.7 Å². The smallest absolute Gasteiger partial charge is 0.138 e. The molecule has 0 saturated heterocycles. The molecule has 0 spiro atoms. The number of nitrogens with zero attached hydrogens (tertiary/aromatic N) is 4. The molecule has 2 rings (SSSR count). The second-order valence-electron chi connectivity index (χ2n) is 4.47. The maximum absolute atomic E-state index is 5.60. The highest BCUT2D eigenvalue weighted by Gasteiger charge is 2.07. The molecule has 0 saturated carbocycles. The van der Waals surface area contributed by atoms with E-state index in [-0.39, 0.29) is 0 Å². The molecule has 2 aromatic rings. The molecule has 2 aromatic heterocycles. The van der Waals surface area contributed by atoms with Gasteiger partial charge in [-0.05, 0) is 18.1 Å². The van der Waals surface area contributed by atoms with E-state index in [0.717, 1.165) is 23.1 Å². The Morgan fingerprint density at radius 2 is 2.17 bits per heavy atom. The molecule has 2 heterocycles. The van der Waals surface area contributed by atoms with Gasteiger partial charge in [-0.1, -0.05) is 25.6 Å². The van der Waals surface area contributed by atoms with Crippen LogP contribution in [0.5, 0.6) is 0 Å². The van der Waals surface area contributed by atoms with Crippen molar-refractivity contribution in [3.63, 3.8) is 0 Å². The fraction of sp³-hybridized carbons (Fsp3) is 0.417. The summed E-state index contributed by atoms with van der Waals surface area (Å²) in [5.41, 5.74) is 6.28. The zero-order chi connectivity index (χ0) is 13.0. The van der Waals surface area contributed by atoms with E-state index in [0.29, 0.717) is 11.6 Å². The normalized spacial score (nSPS) is 11.1. The first-order valence-electron chi connectivity index (χ1n) is 5.86. The first-order chi connectivity index (χ1) is 8.65. The SMILES string of the molecule is CC(C)Cn1ncnc1CSc1ccc(N)cn1. The molecule has 0 amide bonds. The van der Waals surface area contributed by atoms with Gasteiger partial charge < -0.3 is 5.73 Å². The lowest BCUT2D eigenvalue weighted by Crippen LogP contribution is -2.09. The van der Waals surface area contributed by atoms with Gasteiger partial charge >= 0.3 is 0 Å². The van der Waals surface area contributed by atoms with Crippen LogP contribution < -0.4 is 5.73 Å². The maximum Gasteiger partial charge on any atom is 0.138 e. The number of anilines is 1. The second kappa shape index (κ2) is 5.86. The van der Waals surface area contributed by atoms with Gasteiger partial charge in [-0.3, -0.25) is 0 Å². The monoisotopic (exact) mass is 263 g/mol. The molecule has 0 atom stereocenters. The molecule has 0 radical (unpaired) electrons. The van der Waals surface area contributed by atoms with Gasteiger partial charge in [-0.25, -0.2) is 14.6 Å². The molecule has 0 aliphatic carbocycles. The summed E-state index contributed by atoms with van der Waals surface area (Å²) in [6.45, 7) is 5.23. The number of nitrogen functional groups attached to an aromatic ring is 1. The van der Waals surface area contributed by atoms with E-state index in [2.05, 4.69) is 28.9 Å². The third-order valence-corrected chi connectivity index (χ3v) is 3.28. The fourth-order valence-electron chi connectivity index (χ4n) is 1.51. The van der Waals surface area contributed by atoms with E-state index < -0.39 is 0 Å². The van der Waals surface area contributed by atoms with Gasteiger partial charge in [0.15, 0.2) is 0 Å². The van der Waals surface area contributed by atoms with Gasteiger partial charge in [0.1, 0.15) is 12.2 Å². The van der Waals surface area contributed by atoms with E-state index in [1.807, 2.05) is 16.8 Å². The lowest BCUT2D eigenvalue weighted by Gasteiger charge is -2.08. The lowest BCUT2D eigenvalue weighted by atomic mass is 10.2. The summed E-state index contributed by atoms with van der Waals surface area (Å²) in [4.78, 5) is 8.53. The fourth-order valence-corrected chi connectivity index (χ4v) is 2.31. The minimum Gasteiger partial charge on any atom is -0.397 e. The van der Waals surface area contributed by atoms with Crippen molar-refractivity contribution in [1.82, 2.24) is 19.7 Å². The van der Waals surface area contributed by atoms with Crippen molar-refractivity contribution in [2.24, 2.45) is 5.92 Å². The average molecular weight is 263 g/mol. The van der Waals surface area contributed by atoms with Crippen molar-refractivity contribution in [1.29, 1.82) is 0 Å². The van der Waals surface area contributed by atoms with Crippen molar-refractivity contribution in [2.45, 2.75) is 31.2 Å². The Morgan fingerprint density at radius 3 is 2.83 bits per heavy atom. The maximum atomic E-state index is 5.60. The second-order valence-corrected chi connectivity index (χ2v) is 5.47. The molecule has 0 aliphatic rings. The Labute approximate surface area is 111 Å². The first-order valence-corrected chi connectivity index (χ1v) is 6.84. The Bertz CT molecular complexity index is 491. The molecule has 2 N–H and O–H groups in total. The van der Waals surface area contributed by atoms with Gasteiger partial charge in [-0.15, -0.1) is 0 Å². The summed E-state index contributed by atoms with van der Waals surface area (Å²) in [6, 6.07) is 3.78. The van der Waals surface area contributed by atoms with E-state index in [9.17, 15) is 0 Å². The Balaban J connectivity index is 1.97. The third-order valence-electron chi connectivity index (χ3n) is 2.34. The molecule has 0 aliphatic heterocycles. The van der Waals surface area contributed by atoms with Crippen LogP contribution in [-0.4, -0.2) is 19.7 Å². The molecule has 5 nitrogen and oxygen atoms in total. The summed E-state index contributed by atoms with van der Waals surface area (Å²) in [5.74, 6) is 2.31. The van der Waals surface area contributed by atoms with Crippen LogP contribution >= 0.6 is 11.8 Å². The Hall–Kier alpha value is -1.56. The minimum absolute atomic E-state index is 0.560. The lowest BCUT2D eigenvalue weighted by molar-refractivity contribution is 0.471. The Morgan fingerprint density at radius 1 is 1.33 bits per heavy atom. The van der Waals surface area contributed by atoms with Crippen molar-refractivity contribution < 1.29 is 0 Å². The molecule has 0 unspecified atom stereocenters. The summed E-state index contributed by atoms with van der Waals surface area (Å²) in [7, 11) is 0. The molecule has 96 valence electrons.